The first-order valence-corrected chi connectivity index (χ1v) is 7.23. The highest BCUT2D eigenvalue weighted by molar-refractivity contribution is 7.10. The molecule has 2 atom stereocenters. The van der Waals surface area contributed by atoms with Crippen LogP contribution in [0.25, 0.3) is 0 Å². The molecule has 4 nitrogen and oxygen atoms in total. The van der Waals surface area contributed by atoms with Crippen LogP contribution >= 0.6 is 11.5 Å². The van der Waals surface area contributed by atoms with Crippen LogP contribution in [0.15, 0.2) is 0 Å². The summed E-state index contributed by atoms with van der Waals surface area (Å²) in [4.78, 5) is 2.29. The molecule has 0 amide bonds. The number of nitriles is 1. The normalized spacial score (nSPS) is 28.2. The molecule has 0 bridgehead atoms. The second-order valence-electron chi connectivity index (χ2n) is 5.29. The fourth-order valence-electron chi connectivity index (χ4n) is 2.58. The van der Waals surface area contributed by atoms with E-state index < -0.39 is 0 Å². The number of aromatic nitrogens is 1. The Hall–Kier alpha value is -1.12. The van der Waals surface area contributed by atoms with Crippen molar-refractivity contribution in [2.24, 2.45) is 5.92 Å². The first-order chi connectivity index (χ1) is 8.69. The van der Waals surface area contributed by atoms with Crippen LogP contribution < -0.4 is 4.90 Å². The molecule has 18 heavy (non-hydrogen) atoms. The molecule has 3 rings (SSSR count). The highest BCUT2D eigenvalue weighted by Crippen LogP contribution is 2.38. The van der Waals surface area contributed by atoms with Gasteiger partial charge >= 0.3 is 0 Å². The van der Waals surface area contributed by atoms with Gasteiger partial charge in [0, 0.05) is 13.1 Å². The van der Waals surface area contributed by atoms with Crippen molar-refractivity contribution >= 4 is 16.5 Å². The number of morpholine rings is 1. The number of hydrogen-bond acceptors (Lipinski definition) is 5. The number of aryl methyl sites for hydroxylation is 1. The van der Waals surface area contributed by atoms with Crippen molar-refractivity contribution in [2.75, 3.05) is 18.0 Å². The van der Waals surface area contributed by atoms with Crippen LogP contribution in [0.4, 0.5) is 5.00 Å². The smallest absolute Gasteiger partial charge is 0.130 e. The first kappa shape index (κ1) is 11.9. The third-order valence-electron chi connectivity index (χ3n) is 3.68. The average molecular weight is 263 g/mol. The van der Waals surface area contributed by atoms with Crippen molar-refractivity contribution < 1.29 is 4.74 Å². The maximum atomic E-state index is 9.23. The number of anilines is 1. The minimum Gasteiger partial charge on any atom is -0.371 e. The number of ether oxygens (including phenoxy) is 1. The second-order valence-corrected chi connectivity index (χ2v) is 6.04. The lowest BCUT2D eigenvalue weighted by Gasteiger charge is -2.37. The lowest BCUT2D eigenvalue weighted by molar-refractivity contribution is -0.0269. The molecule has 1 saturated heterocycles. The van der Waals surface area contributed by atoms with E-state index in [-0.39, 0.29) is 6.10 Å². The van der Waals surface area contributed by atoms with E-state index in [4.69, 9.17) is 4.74 Å². The molecule has 1 saturated carbocycles. The summed E-state index contributed by atoms with van der Waals surface area (Å²) in [6.45, 7) is 5.78. The molecule has 1 aliphatic heterocycles. The Kier molecular flexibility index (Phi) is 3.00. The van der Waals surface area contributed by atoms with Crippen LogP contribution in [-0.2, 0) is 4.74 Å². The Morgan fingerprint density at radius 1 is 1.44 bits per heavy atom. The molecule has 0 spiro atoms. The second kappa shape index (κ2) is 4.52. The highest BCUT2D eigenvalue weighted by Gasteiger charge is 2.38. The van der Waals surface area contributed by atoms with Crippen molar-refractivity contribution in [2.45, 2.75) is 38.9 Å². The SMILES string of the molecule is Cc1nsc(N2CC(C)OC(C3CC3)C2)c1C#N. The largest absolute Gasteiger partial charge is 0.371 e. The van der Waals surface area contributed by atoms with Gasteiger partial charge in [-0.1, -0.05) is 0 Å². The average Bonchev–Trinajstić information content (AvgIpc) is 3.12. The molecule has 2 aliphatic rings. The molecule has 1 aliphatic carbocycles. The van der Waals surface area contributed by atoms with Crippen LogP contribution in [0.2, 0.25) is 0 Å². The quantitative estimate of drug-likeness (QED) is 0.821. The molecular weight excluding hydrogens is 246 g/mol. The predicted octanol–water partition coefficient (Wildman–Crippen LogP) is 2.33. The lowest BCUT2D eigenvalue weighted by atomic mass is 10.1. The van der Waals surface area contributed by atoms with Gasteiger partial charge in [-0.15, -0.1) is 0 Å². The summed E-state index contributed by atoms with van der Waals surface area (Å²) < 4.78 is 10.3. The minimum absolute atomic E-state index is 0.235. The number of hydrogen-bond donors (Lipinski definition) is 0. The van der Waals surface area contributed by atoms with E-state index in [0.717, 1.165) is 35.3 Å². The molecule has 5 heteroatoms. The molecule has 2 fully saturated rings. The van der Waals surface area contributed by atoms with Crippen LogP contribution in [0, 0.1) is 24.2 Å². The maximum Gasteiger partial charge on any atom is 0.130 e. The summed E-state index contributed by atoms with van der Waals surface area (Å²) in [5.41, 5.74) is 1.59. The Labute approximate surface area is 111 Å². The number of rotatable bonds is 2. The van der Waals surface area contributed by atoms with E-state index in [1.807, 2.05) is 6.92 Å². The van der Waals surface area contributed by atoms with Gasteiger partial charge in [0.1, 0.15) is 16.6 Å². The van der Waals surface area contributed by atoms with Gasteiger partial charge in [0.2, 0.25) is 0 Å². The van der Waals surface area contributed by atoms with E-state index in [2.05, 4.69) is 22.3 Å². The van der Waals surface area contributed by atoms with E-state index >= 15 is 0 Å². The molecule has 0 radical (unpaired) electrons. The van der Waals surface area contributed by atoms with Crippen molar-refractivity contribution in [3.05, 3.63) is 11.3 Å². The zero-order chi connectivity index (χ0) is 12.7. The molecule has 0 aromatic carbocycles. The molecule has 1 aromatic rings. The summed E-state index contributed by atoms with van der Waals surface area (Å²) in [5.74, 6) is 0.731. The van der Waals surface area contributed by atoms with E-state index in [1.54, 1.807) is 0 Å². The lowest BCUT2D eigenvalue weighted by Crippen LogP contribution is -2.47. The molecule has 1 aromatic heterocycles. The minimum atomic E-state index is 0.235. The van der Waals surface area contributed by atoms with Gasteiger partial charge in [0.05, 0.1) is 17.9 Å². The van der Waals surface area contributed by atoms with Crippen LogP contribution in [-0.4, -0.2) is 29.7 Å². The summed E-state index contributed by atoms with van der Waals surface area (Å²) in [6.07, 6.45) is 3.15. The molecular formula is C13H17N3OS. The van der Waals surface area contributed by atoms with Gasteiger partial charge in [-0.3, -0.25) is 0 Å². The van der Waals surface area contributed by atoms with Crippen LogP contribution in [0.3, 0.4) is 0 Å². The van der Waals surface area contributed by atoms with Gasteiger partial charge in [0.25, 0.3) is 0 Å². The van der Waals surface area contributed by atoms with E-state index in [1.165, 1.54) is 24.4 Å². The zero-order valence-electron chi connectivity index (χ0n) is 10.7. The summed E-state index contributed by atoms with van der Waals surface area (Å²) >= 11 is 1.44. The zero-order valence-corrected chi connectivity index (χ0v) is 11.5. The van der Waals surface area contributed by atoms with Crippen molar-refractivity contribution in [3.8, 4) is 6.07 Å². The maximum absolute atomic E-state index is 9.23. The van der Waals surface area contributed by atoms with Gasteiger partial charge in [-0.2, -0.15) is 9.64 Å². The van der Waals surface area contributed by atoms with E-state index in [9.17, 15) is 5.26 Å². The predicted molar refractivity (Wildman–Crippen MR) is 70.8 cm³/mol. The standard InChI is InChI=1S/C13H17N3OS/c1-8-6-16(7-12(17-8)10-3-4-10)13-11(5-14)9(2)15-18-13/h8,10,12H,3-4,6-7H2,1-2H3. The van der Waals surface area contributed by atoms with Crippen LogP contribution in [0.5, 0.6) is 0 Å². The summed E-state index contributed by atoms with van der Waals surface area (Å²) in [7, 11) is 0. The monoisotopic (exact) mass is 263 g/mol. The fourth-order valence-corrected chi connectivity index (χ4v) is 3.45. The molecule has 2 unspecified atom stereocenters. The Bertz CT molecular complexity index is 489. The third-order valence-corrected chi connectivity index (χ3v) is 4.68. The Balaban J connectivity index is 1.84. The van der Waals surface area contributed by atoms with Gasteiger partial charge in [0.15, 0.2) is 0 Å². The van der Waals surface area contributed by atoms with Gasteiger partial charge in [-0.05, 0) is 44.1 Å². The van der Waals surface area contributed by atoms with Crippen molar-refractivity contribution in [1.82, 2.24) is 4.37 Å². The highest BCUT2D eigenvalue weighted by atomic mass is 32.1. The Morgan fingerprint density at radius 2 is 2.22 bits per heavy atom. The van der Waals surface area contributed by atoms with Crippen molar-refractivity contribution in [3.63, 3.8) is 0 Å². The van der Waals surface area contributed by atoms with Gasteiger partial charge in [-0.25, -0.2) is 0 Å². The fraction of sp³-hybridized carbons (Fsp3) is 0.692. The number of nitrogens with zero attached hydrogens (tertiary/aromatic N) is 3. The van der Waals surface area contributed by atoms with Gasteiger partial charge < -0.3 is 9.64 Å². The molecule has 96 valence electrons. The molecule has 2 heterocycles. The topological polar surface area (TPSA) is 49.2 Å². The Morgan fingerprint density at radius 3 is 2.89 bits per heavy atom. The van der Waals surface area contributed by atoms with Crippen molar-refractivity contribution in [1.29, 1.82) is 5.26 Å². The van der Waals surface area contributed by atoms with Crippen LogP contribution in [0.1, 0.15) is 31.0 Å². The summed E-state index contributed by atoms with van der Waals surface area (Å²) in [5, 5.41) is 10.3. The molecule has 0 N–H and O–H groups in total. The first-order valence-electron chi connectivity index (χ1n) is 6.46. The third kappa shape index (κ3) is 2.11. The van der Waals surface area contributed by atoms with E-state index in [0.29, 0.717) is 6.10 Å². The summed E-state index contributed by atoms with van der Waals surface area (Å²) in [6, 6.07) is 2.28.